The predicted molar refractivity (Wildman–Crippen MR) is 168 cm³/mol. The third kappa shape index (κ3) is 6.13. The SMILES string of the molecule is C=C(CBr)C(=O)N(C)c1cc(Nc2nccc(-c3cn(C)c4ccccc34)n2)c(OC)cc1N(C)CCN(C)C. The number of rotatable bonds is 11. The normalized spacial score (nSPS) is 11.1. The van der Waals surface area contributed by atoms with Crippen LogP contribution >= 0.6 is 15.9 Å². The van der Waals surface area contributed by atoms with Gasteiger partial charge in [0.1, 0.15) is 5.75 Å². The molecule has 1 amide bonds. The number of hydrogen-bond donors (Lipinski definition) is 1. The maximum absolute atomic E-state index is 13.1. The Labute approximate surface area is 244 Å². The van der Waals surface area contributed by atoms with Crippen LogP contribution in [0.25, 0.3) is 22.2 Å². The Hall–Kier alpha value is -3.89. The summed E-state index contributed by atoms with van der Waals surface area (Å²) in [6.45, 7) is 5.52. The molecule has 0 aliphatic carbocycles. The highest BCUT2D eigenvalue weighted by Gasteiger charge is 2.22. The number of para-hydroxylation sites is 1. The summed E-state index contributed by atoms with van der Waals surface area (Å²) < 4.78 is 7.88. The number of methoxy groups -OCH3 is 1. The number of aryl methyl sites for hydroxylation is 1. The number of carbonyl (C=O) groups excluding carboxylic acids is 1. The van der Waals surface area contributed by atoms with Crippen molar-refractivity contribution < 1.29 is 9.53 Å². The van der Waals surface area contributed by atoms with Gasteiger partial charge in [0.05, 0.1) is 29.9 Å². The molecule has 2 aromatic carbocycles. The minimum Gasteiger partial charge on any atom is -0.494 e. The zero-order valence-corrected chi connectivity index (χ0v) is 25.5. The first kappa shape index (κ1) is 29.1. The highest BCUT2D eigenvalue weighted by Crippen LogP contribution is 2.40. The van der Waals surface area contributed by atoms with Gasteiger partial charge in [0.15, 0.2) is 0 Å². The first-order valence-electron chi connectivity index (χ1n) is 12.9. The second-order valence-corrected chi connectivity index (χ2v) is 10.5. The van der Waals surface area contributed by atoms with Crippen molar-refractivity contribution in [3.05, 3.63) is 67.0 Å². The topological polar surface area (TPSA) is 78.8 Å². The van der Waals surface area contributed by atoms with Gasteiger partial charge in [0.25, 0.3) is 5.91 Å². The van der Waals surface area contributed by atoms with Crippen LogP contribution in [0.1, 0.15) is 0 Å². The van der Waals surface area contributed by atoms with Crippen molar-refractivity contribution in [2.24, 2.45) is 7.05 Å². The number of fused-ring (bicyclic) bond motifs is 1. The summed E-state index contributed by atoms with van der Waals surface area (Å²) in [6.07, 6.45) is 3.81. The Bertz CT molecular complexity index is 1530. The average Bonchev–Trinajstić information content (AvgIpc) is 3.31. The van der Waals surface area contributed by atoms with E-state index in [4.69, 9.17) is 9.72 Å². The number of ether oxygens (including phenoxy) is 1. The maximum Gasteiger partial charge on any atom is 0.254 e. The van der Waals surface area contributed by atoms with Crippen molar-refractivity contribution >= 4 is 55.8 Å². The van der Waals surface area contributed by atoms with E-state index in [1.807, 2.05) is 58.5 Å². The molecule has 0 radical (unpaired) electrons. The molecule has 0 saturated heterocycles. The Balaban J connectivity index is 1.75. The van der Waals surface area contributed by atoms with Crippen LogP contribution in [-0.4, -0.2) is 79.1 Å². The Morgan fingerprint density at radius 3 is 2.55 bits per heavy atom. The van der Waals surface area contributed by atoms with Gasteiger partial charge in [-0.05, 0) is 32.3 Å². The van der Waals surface area contributed by atoms with Crippen LogP contribution in [-0.2, 0) is 11.8 Å². The van der Waals surface area contributed by atoms with E-state index in [1.54, 1.807) is 25.3 Å². The molecule has 1 N–H and O–H groups in total. The first-order chi connectivity index (χ1) is 19.1. The molecular weight excluding hydrogens is 570 g/mol. The smallest absolute Gasteiger partial charge is 0.254 e. The Morgan fingerprint density at radius 1 is 1.10 bits per heavy atom. The zero-order valence-electron chi connectivity index (χ0n) is 23.9. The predicted octanol–water partition coefficient (Wildman–Crippen LogP) is 5.30. The molecule has 0 unspecified atom stereocenters. The molecular formula is C30H36BrN7O2. The fourth-order valence-corrected chi connectivity index (χ4v) is 4.75. The van der Waals surface area contributed by atoms with Crippen LogP contribution in [0.15, 0.2) is 67.0 Å². The van der Waals surface area contributed by atoms with Gasteiger partial charge < -0.3 is 29.3 Å². The van der Waals surface area contributed by atoms with Gasteiger partial charge in [-0.25, -0.2) is 9.97 Å². The summed E-state index contributed by atoms with van der Waals surface area (Å²) in [6, 6.07) is 14.0. The van der Waals surface area contributed by atoms with Crippen molar-refractivity contribution in [2.45, 2.75) is 0 Å². The van der Waals surface area contributed by atoms with Gasteiger partial charge in [0.2, 0.25) is 5.95 Å². The highest BCUT2D eigenvalue weighted by atomic mass is 79.9. The Morgan fingerprint density at radius 2 is 1.85 bits per heavy atom. The van der Waals surface area contributed by atoms with E-state index in [9.17, 15) is 4.79 Å². The van der Waals surface area contributed by atoms with Crippen LogP contribution in [0.2, 0.25) is 0 Å². The van der Waals surface area contributed by atoms with Crippen LogP contribution in [0, 0.1) is 0 Å². The minimum atomic E-state index is -0.176. The van der Waals surface area contributed by atoms with Gasteiger partial charge in [-0.1, -0.05) is 40.7 Å². The van der Waals surface area contributed by atoms with E-state index in [0.29, 0.717) is 34.0 Å². The first-order valence-corrected chi connectivity index (χ1v) is 14.0. The van der Waals surface area contributed by atoms with Crippen molar-refractivity contribution in [1.29, 1.82) is 0 Å². The van der Waals surface area contributed by atoms with E-state index in [2.05, 4.69) is 65.5 Å². The number of hydrogen-bond acceptors (Lipinski definition) is 7. The number of anilines is 4. The van der Waals surface area contributed by atoms with Crippen molar-refractivity contribution in [3.63, 3.8) is 0 Å². The number of nitrogens with zero attached hydrogens (tertiary/aromatic N) is 6. The van der Waals surface area contributed by atoms with Crippen LogP contribution in [0.3, 0.4) is 0 Å². The molecule has 2 aromatic heterocycles. The number of nitrogens with one attached hydrogen (secondary N) is 1. The van der Waals surface area contributed by atoms with E-state index in [0.717, 1.165) is 40.9 Å². The van der Waals surface area contributed by atoms with Gasteiger partial charge in [-0.15, -0.1) is 0 Å². The lowest BCUT2D eigenvalue weighted by Crippen LogP contribution is -2.32. The number of halogens is 1. The van der Waals surface area contributed by atoms with Crippen molar-refractivity contribution in [2.75, 3.05) is 68.8 Å². The number of likely N-dealkylation sites (N-methyl/N-ethyl adjacent to an activating group) is 3. The lowest BCUT2D eigenvalue weighted by atomic mass is 10.1. The highest BCUT2D eigenvalue weighted by molar-refractivity contribution is 9.09. The quantitative estimate of drug-likeness (QED) is 0.184. The molecule has 210 valence electrons. The number of amides is 1. The maximum atomic E-state index is 13.1. The largest absolute Gasteiger partial charge is 0.494 e. The summed E-state index contributed by atoms with van der Waals surface area (Å²) in [7, 11) is 11.5. The molecule has 0 atom stereocenters. The van der Waals surface area contributed by atoms with Gasteiger partial charge in [0, 0.05) is 80.1 Å². The van der Waals surface area contributed by atoms with E-state index < -0.39 is 0 Å². The third-order valence-electron chi connectivity index (χ3n) is 6.80. The molecule has 40 heavy (non-hydrogen) atoms. The van der Waals surface area contributed by atoms with Crippen molar-refractivity contribution in [1.82, 2.24) is 19.4 Å². The molecule has 0 fully saturated rings. The van der Waals surface area contributed by atoms with Gasteiger partial charge in [-0.2, -0.15) is 0 Å². The fourth-order valence-electron chi connectivity index (χ4n) is 4.51. The second kappa shape index (κ2) is 12.5. The van der Waals surface area contributed by atoms with Crippen LogP contribution in [0.5, 0.6) is 5.75 Å². The molecule has 4 aromatic rings. The molecule has 0 aliphatic heterocycles. The minimum absolute atomic E-state index is 0.176. The lowest BCUT2D eigenvalue weighted by Gasteiger charge is -2.29. The molecule has 2 heterocycles. The standard InChI is InChI=1S/C30H36BrN7O2/c1-20(18-31)29(39)38(6)27-16-24(28(40-7)17-26(27)36(4)15-14-35(2)3)34-30-32-13-12-23(33-30)22-19-37(5)25-11-9-8-10-21(22)25/h8-13,16-17,19H,1,14-15,18H2,2-7H3,(H,32,33,34). The second-order valence-electron chi connectivity index (χ2n) is 9.93. The molecule has 0 bridgehead atoms. The molecule has 9 nitrogen and oxygen atoms in total. The van der Waals surface area contributed by atoms with Gasteiger partial charge >= 0.3 is 0 Å². The fraction of sp³-hybridized carbons (Fsp3) is 0.300. The molecule has 4 rings (SSSR count). The average molecular weight is 607 g/mol. The molecule has 0 aliphatic rings. The van der Waals surface area contributed by atoms with Crippen molar-refractivity contribution in [3.8, 4) is 17.0 Å². The number of carbonyl (C=O) groups is 1. The molecule has 10 heteroatoms. The number of alkyl halides is 1. The van der Waals surface area contributed by atoms with Crippen LogP contribution < -0.4 is 19.9 Å². The molecule has 0 saturated carbocycles. The lowest BCUT2D eigenvalue weighted by molar-refractivity contribution is -0.114. The Kier molecular flexibility index (Phi) is 9.11. The summed E-state index contributed by atoms with van der Waals surface area (Å²) in [5, 5.41) is 4.84. The summed E-state index contributed by atoms with van der Waals surface area (Å²) in [5.74, 6) is 0.849. The number of aromatic nitrogens is 3. The summed E-state index contributed by atoms with van der Waals surface area (Å²) >= 11 is 3.36. The van der Waals surface area contributed by atoms with Gasteiger partial charge in [-0.3, -0.25) is 4.79 Å². The third-order valence-corrected chi connectivity index (χ3v) is 7.47. The van der Waals surface area contributed by atoms with E-state index >= 15 is 0 Å². The van der Waals surface area contributed by atoms with E-state index in [-0.39, 0.29) is 5.91 Å². The monoisotopic (exact) mass is 605 g/mol. The van der Waals surface area contributed by atoms with E-state index in [1.165, 1.54) is 0 Å². The molecule has 0 spiro atoms. The van der Waals surface area contributed by atoms with Crippen LogP contribution in [0.4, 0.5) is 23.0 Å². The number of benzene rings is 2. The summed E-state index contributed by atoms with van der Waals surface area (Å²) in [4.78, 5) is 28.3. The summed E-state index contributed by atoms with van der Waals surface area (Å²) in [5.41, 5.74) is 5.61. The zero-order chi connectivity index (χ0) is 29.0.